The molecule has 0 spiro atoms. The summed E-state index contributed by atoms with van der Waals surface area (Å²) in [6.07, 6.45) is 0. The van der Waals surface area contributed by atoms with Crippen molar-refractivity contribution < 1.29 is 9.59 Å². The van der Waals surface area contributed by atoms with Crippen LogP contribution in [-0.4, -0.2) is 21.3 Å². The molecule has 0 bridgehead atoms. The van der Waals surface area contributed by atoms with Crippen molar-refractivity contribution in [3.8, 4) is 0 Å². The molecule has 1 saturated heterocycles. The van der Waals surface area contributed by atoms with Crippen molar-refractivity contribution in [2.45, 2.75) is 4.95 Å². The second kappa shape index (κ2) is 2.15. The standard InChI is InChI=1S/C3H2BrClN2O2/c4-1-2(8)6-3(9)7(1)5/h1H,(H,6,8,9). The van der Waals surface area contributed by atoms with Gasteiger partial charge in [-0.05, 0) is 0 Å². The first-order valence-corrected chi connectivity index (χ1v) is 3.32. The summed E-state index contributed by atoms with van der Waals surface area (Å²) in [6.45, 7) is 0. The van der Waals surface area contributed by atoms with Gasteiger partial charge in [-0.2, -0.15) is 0 Å². The highest BCUT2D eigenvalue weighted by Gasteiger charge is 2.35. The van der Waals surface area contributed by atoms with Gasteiger partial charge in [-0.1, -0.05) is 15.9 Å². The molecule has 9 heavy (non-hydrogen) atoms. The summed E-state index contributed by atoms with van der Waals surface area (Å²) in [5.41, 5.74) is 0. The Morgan fingerprint density at radius 2 is 2.22 bits per heavy atom. The maximum atomic E-state index is 10.5. The van der Waals surface area contributed by atoms with Gasteiger partial charge in [0.2, 0.25) is 0 Å². The molecule has 0 saturated carbocycles. The third kappa shape index (κ3) is 1.02. The fourth-order valence-electron chi connectivity index (χ4n) is 0.424. The van der Waals surface area contributed by atoms with Gasteiger partial charge in [0.1, 0.15) is 0 Å². The van der Waals surface area contributed by atoms with Gasteiger partial charge in [-0.3, -0.25) is 10.1 Å². The summed E-state index contributed by atoms with van der Waals surface area (Å²) in [7, 11) is 0. The second-order valence-electron chi connectivity index (χ2n) is 1.44. The predicted molar refractivity (Wildman–Crippen MR) is 33.9 cm³/mol. The Morgan fingerprint density at radius 3 is 2.33 bits per heavy atom. The Morgan fingerprint density at radius 1 is 1.67 bits per heavy atom. The quantitative estimate of drug-likeness (QED) is 0.274. The highest BCUT2D eigenvalue weighted by molar-refractivity contribution is 9.10. The molecule has 0 aromatic heterocycles. The van der Waals surface area contributed by atoms with Crippen LogP contribution in [0.25, 0.3) is 0 Å². The topological polar surface area (TPSA) is 49.4 Å². The van der Waals surface area contributed by atoms with Gasteiger partial charge in [0.05, 0.1) is 0 Å². The van der Waals surface area contributed by atoms with Crippen LogP contribution in [0.2, 0.25) is 0 Å². The average molecular weight is 213 g/mol. The Hall–Kier alpha value is -0.290. The lowest BCUT2D eigenvalue weighted by atomic mass is 10.7. The number of amides is 3. The first kappa shape index (κ1) is 6.82. The van der Waals surface area contributed by atoms with Crippen molar-refractivity contribution in [1.29, 1.82) is 0 Å². The SMILES string of the molecule is O=C1NC(=O)N(Cl)C1Br. The molecule has 1 fully saturated rings. The van der Waals surface area contributed by atoms with Gasteiger partial charge < -0.3 is 0 Å². The fraction of sp³-hybridized carbons (Fsp3) is 0.333. The van der Waals surface area contributed by atoms with Crippen molar-refractivity contribution in [3.05, 3.63) is 0 Å². The van der Waals surface area contributed by atoms with Crippen LogP contribution in [0.4, 0.5) is 4.79 Å². The summed E-state index contributed by atoms with van der Waals surface area (Å²) < 4.78 is 0.752. The lowest BCUT2D eigenvalue weighted by Crippen LogP contribution is -2.21. The molecular formula is C3H2BrClN2O2. The molecule has 1 aliphatic rings. The van der Waals surface area contributed by atoms with Crippen molar-refractivity contribution >= 4 is 39.6 Å². The van der Waals surface area contributed by atoms with E-state index in [9.17, 15) is 9.59 Å². The van der Waals surface area contributed by atoms with E-state index in [2.05, 4.69) is 15.9 Å². The highest BCUT2D eigenvalue weighted by atomic mass is 79.9. The molecule has 4 nitrogen and oxygen atoms in total. The molecule has 0 aliphatic carbocycles. The number of hydrogen-bond acceptors (Lipinski definition) is 2. The zero-order valence-electron chi connectivity index (χ0n) is 4.10. The van der Waals surface area contributed by atoms with E-state index >= 15 is 0 Å². The number of rotatable bonds is 0. The van der Waals surface area contributed by atoms with E-state index in [0.29, 0.717) is 0 Å². The zero-order valence-corrected chi connectivity index (χ0v) is 6.44. The normalized spacial score (nSPS) is 26.9. The van der Waals surface area contributed by atoms with Crippen molar-refractivity contribution in [2.24, 2.45) is 0 Å². The summed E-state index contributed by atoms with van der Waals surface area (Å²) in [6, 6.07) is -0.594. The molecule has 0 aromatic carbocycles. The molecule has 50 valence electrons. The van der Waals surface area contributed by atoms with Crippen LogP contribution in [0, 0.1) is 0 Å². The Bertz CT molecular complexity index is 155. The van der Waals surface area contributed by atoms with Crippen LogP contribution in [0.5, 0.6) is 0 Å². The maximum Gasteiger partial charge on any atom is 0.340 e. The molecule has 1 N–H and O–H groups in total. The molecule has 1 heterocycles. The lowest BCUT2D eigenvalue weighted by Gasteiger charge is -2.02. The molecule has 0 aromatic rings. The summed E-state index contributed by atoms with van der Waals surface area (Å²) in [5, 5.41) is 1.99. The fourth-order valence-corrected chi connectivity index (χ4v) is 0.856. The van der Waals surface area contributed by atoms with Gasteiger partial charge in [0, 0.05) is 11.8 Å². The van der Waals surface area contributed by atoms with Crippen LogP contribution >= 0.6 is 27.7 Å². The first-order chi connectivity index (χ1) is 4.13. The van der Waals surface area contributed by atoms with E-state index in [0.717, 1.165) is 4.42 Å². The molecule has 6 heteroatoms. The van der Waals surface area contributed by atoms with Crippen molar-refractivity contribution in [2.75, 3.05) is 0 Å². The van der Waals surface area contributed by atoms with Crippen LogP contribution in [0.3, 0.4) is 0 Å². The van der Waals surface area contributed by atoms with Gasteiger partial charge in [-0.25, -0.2) is 9.21 Å². The zero-order chi connectivity index (χ0) is 7.02. The highest BCUT2D eigenvalue weighted by Crippen LogP contribution is 2.15. The third-order valence-electron chi connectivity index (χ3n) is 0.840. The second-order valence-corrected chi connectivity index (χ2v) is 2.67. The Kier molecular flexibility index (Phi) is 1.63. The van der Waals surface area contributed by atoms with Gasteiger partial charge in [-0.15, -0.1) is 0 Å². The van der Waals surface area contributed by atoms with E-state index in [1.54, 1.807) is 0 Å². The van der Waals surface area contributed by atoms with E-state index < -0.39 is 16.9 Å². The predicted octanol–water partition coefficient (Wildman–Crippen LogP) is 0.413. The monoisotopic (exact) mass is 212 g/mol. The summed E-state index contributed by atoms with van der Waals surface area (Å²) in [4.78, 5) is 20.2. The van der Waals surface area contributed by atoms with Crippen LogP contribution in [-0.2, 0) is 4.79 Å². The largest absolute Gasteiger partial charge is 0.340 e. The van der Waals surface area contributed by atoms with Crippen molar-refractivity contribution in [3.63, 3.8) is 0 Å². The number of nitrogens with zero attached hydrogens (tertiary/aromatic N) is 1. The van der Waals surface area contributed by atoms with E-state index in [-0.39, 0.29) is 0 Å². The van der Waals surface area contributed by atoms with Crippen LogP contribution < -0.4 is 5.32 Å². The summed E-state index contributed by atoms with van der Waals surface area (Å²) in [5.74, 6) is -0.435. The van der Waals surface area contributed by atoms with E-state index in [1.807, 2.05) is 5.32 Å². The van der Waals surface area contributed by atoms with Crippen LogP contribution in [0.15, 0.2) is 0 Å². The lowest BCUT2D eigenvalue weighted by molar-refractivity contribution is -0.118. The maximum absolute atomic E-state index is 10.5. The minimum absolute atomic E-state index is 0.435. The average Bonchev–Trinajstić information content (AvgIpc) is 1.98. The number of alkyl halides is 1. The number of carbonyl (C=O) groups excluding carboxylic acids is 2. The minimum Gasteiger partial charge on any atom is -0.274 e. The number of nitrogens with one attached hydrogen (secondary N) is 1. The third-order valence-corrected chi connectivity index (χ3v) is 2.25. The number of halogens is 2. The van der Waals surface area contributed by atoms with Gasteiger partial charge in [0.15, 0.2) is 4.95 Å². The number of urea groups is 1. The molecular weight excluding hydrogens is 211 g/mol. The van der Waals surface area contributed by atoms with E-state index in [1.165, 1.54) is 0 Å². The smallest absolute Gasteiger partial charge is 0.274 e. The number of imide groups is 1. The van der Waals surface area contributed by atoms with Crippen LogP contribution in [0.1, 0.15) is 0 Å². The summed E-state index contributed by atoms with van der Waals surface area (Å²) >= 11 is 8.13. The van der Waals surface area contributed by atoms with E-state index in [4.69, 9.17) is 11.8 Å². The molecule has 0 radical (unpaired) electrons. The molecule has 1 aliphatic heterocycles. The first-order valence-electron chi connectivity index (χ1n) is 2.07. The number of hydrogen-bond donors (Lipinski definition) is 1. The Balaban J connectivity index is 2.77. The number of carbonyl (C=O) groups is 2. The minimum atomic E-state index is -0.730. The molecule has 3 amide bonds. The Labute approximate surface area is 64.4 Å². The van der Waals surface area contributed by atoms with Gasteiger partial charge >= 0.3 is 6.03 Å². The molecule has 1 unspecified atom stereocenters. The molecule has 1 atom stereocenters. The van der Waals surface area contributed by atoms with Crippen molar-refractivity contribution in [1.82, 2.24) is 9.74 Å². The van der Waals surface area contributed by atoms with Gasteiger partial charge in [0.25, 0.3) is 5.91 Å². The molecule has 1 rings (SSSR count).